The summed E-state index contributed by atoms with van der Waals surface area (Å²) in [6.07, 6.45) is 6.01. The third kappa shape index (κ3) is 6.03. The summed E-state index contributed by atoms with van der Waals surface area (Å²) in [5.41, 5.74) is 1.47. The Morgan fingerprint density at radius 2 is 2.00 bits per heavy atom. The molecule has 1 aromatic carbocycles. The van der Waals surface area contributed by atoms with Crippen molar-refractivity contribution in [2.45, 2.75) is 45.6 Å². The van der Waals surface area contributed by atoms with E-state index in [2.05, 4.69) is 16.5 Å². The molecule has 1 aliphatic rings. The van der Waals surface area contributed by atoms with Gasteiger partial charge in [0, 0.05) is 13.1 Å². The van der Waals surface area contributed by atoms with Gasteiger partial charge in [-0.2, -0.15) is 0 Å². The van der Waals surface area contributed by atoms with Crippen LogP contribution in [0.3, 0.4) is 0 Å². The van der Waals surface area contributed by atoms with Gasteiger partial charge in [-0.15, -0.1) is 0 Å². The standard InChI is InChI=1S/C17H28N2O3S/c1-4-5-10-19-11-8-15(9-12-19)22-16-6-7-17(14(2)13-16)18-23(3,20)21/h6-7,13,15,18H,4-5,8-12H2,1-3H3. The number of nitrogens with one attached hydrogen (secondary N) is 1. The van der Waals surface area contributed by atoms with Gasteiger partial charge in [0.1, 0.15) is 11.9 Å². The normalized spacial score (nSPS) is 17.2. The number of unbranched alkanes of at least 4 members (excludes halogenated alkanes) is 1. The maximum Gasteiger partial charge on any atom is 0.229 e. The first-order valence-corrected chi connectivity index (χ1v) is 10.2. The molecule has 0 saturated carbocycles. The number of rotatable bonds is 7. The third-order valence-electron chi connectivity index (χ3n) is 4.16. The maximum absolute atomic E-state index is 11.3. The van der Waals surface area contributed by atoms with Crippen molar-refractivity contribution in [1.29, 1.82) is 0 Å². The molecule has 0 atom stereocenters. The van der Waals surface area contributed by atoms with Gasteiger partial charge in [-0.05, 0) is 56.5 Å². The largest absolute Gasteiger partial charge is 0.490 e. The molecule has 1 saturated heterocycles. The molecule has 1 fully saturated rings. The predicted molar refractivity (Wildman–Crippen MR) is 94.6 cm³/mol. The first-order valence-electron chi connectivity index (χ1n) is 8.35. The second-order valence-corrected chi connectivity index (χ2v) is 8.11. The Kier molecular flexibility index (Phi) is 6.30. The monoisotopic (exact) mass is 340 g/mol. The van der Waals surface area contributed by atoms with Crippen LogP contribution in [-0.4, -0.2) is 45.3 Å². The lowest BCUT2D eigenvalue weighted by Crippen LogP contribution is -2.38. The van der Waals surface area contributed by atoms with Crippen LogP contribution in [0.2, 0.25) is 0 Å². The number of ether oxygens (including phenoxy) is 1. The summed E-state index contributed by atoms with van der Waals surface area (Å²) in [5, 5.41) is 0. The zero-order valence-corrected chi connectivity index (χ0v) is 15.2. The van der Waals surface area contributed by atoms with E-state index in [0.29, 0.717) is 5.69 Å². The molecule has 0 radical (unpaired) electrons. The van der Waals surface area contributed by atoms with E-state index in [9.17, 15) is 8.42 Å². The van der Waals surface area contributed by atoms with Crippen molar-refractivity contribution in [1.82, 2.24) is 4.90 Å². The number of sulfonamides is 1. The molecule has 5 nitrogen and oxygen atoms in total. The van der Waals surface area contributed by atoms with E-state index in [1.54, 1.807) is 6.07 Å². The number of hydrogen-bond donors (Lipinski definition) is 1. The van der Waals surface area contributed by atoms with Gasteiger partial charge in [-0.25, -0.2) is 8.42 Å². The molecule has 1 aliphatic heterocycles. The van der Waals surface area contributed by atoms with Crippen LogP contribution in [0.15, 0.2) is 18.2 Å². The highest BCUT2D eigenvalue weighted by molar-refractivity contribution is 7.92. The van der Waals surface area contributed by atoms with E-state index >= 15 is 0 Å². The second kappa shape index (κ2) is 8.02. The molecule has 130 valence electrons. The van der Waals surface area contributed by atoms with Gasteiger partial charge < -0.3 is 9.64 Å². The van der Waals surface area contributed by atoms with Gasteiger partial charge in [0.15, 0.2) is 0 Å². The first-order chi connectivity index (χ1) is 10.9. The van der Waals surface area contributed by atoms with Crippen LogP contribution in [0.1, 0.15) is 38.2 Å². The van der Waals surface area contributed by atoms with Crippen LogP contribution in [-0.2, 0) is 10.0 Å². The predicted octanol–water partition coefficient (Wildman–Crippen LogP) is 3.01. The molecular weight excluding hydrogens is 312 g/mol. The van der Waals surface area contributed by atoms with Gasteiger partial charge in [0.25, 0.3) is 0 Å². The Bertz CT molecular complexity index is 608. The zero-order chi connectivity index (χ0) is 16.9. The highest BCUT2D eigenvalue weighted by Gasteiger charge is 2.20. The molecule has 0 bridgehead atoms. The number of piperidine rings is 1. The quantitative estimate of drug-likeness (QED) is 0.829. The summed E-state index contributed by atoms with van der Waals surface area (Å²) in [4.78, 5) is 2.51. The van der Waals surface area contributed by atoms with Gasteiger partial charge in [-0.1, -0.05) is 13.3 Å². The second-order valence-electron chi connectivity index (χ2n) is 6.36. The summed E-state index contributed by atoms with van der Waals surface area (Å²) >= 11 is 0. The number of anilines is 1. The highest BCUT2D eigenvalue weighted by atomic mass is 32.2. The van der Waals surface area contributed by atoms with Gasteiger partial charge >= 0.3 is 0 Å². The van der Waals surface area contributed by atoms with Crippen molar-refractivity contribution in [3.8, 4) is 5.75 Å². The molecule has 0 amide bonds. The van der Waals surface area contributed by atoms with E-state index in [0.717, 1.165) is 43.5 Å². The van der Waals surface area contributed by atoms with Crippen LogP contribution >= 0.6 is 0 Å². The summed E-state index contributed by atoms with van der Waals surface area (Å²) in [6.45, 7) is 7.48. The fourth-order valence-corrected chi connectivity index (χ4v) is 3.48. The van der Waals surface area contributed by atoms with E-state index < -0.39 is 10.0 Å². The minimum absolute atomic E-state index is 0.251. The number of nitrogens with zero attached hydrogens (tertiary/aromatic N) is 1. The lowest BCUT2D eigenvalue weighted by molar-refractivity contribution is 0.0998. The molecule has 0 spiro atoms. The first kappa shape index (κ1) is 18.1. The van der Waals surface area contributed by atoms with Crippen molar-refractivity contribution in [2.24, 2.45) is 0 Å². The Morgan fingerprint density at radius 1 is 1.30 bits per heavy atom. The fraction of sp³-hybridized carbons (Fsp3) is 0.647. The number of likely N-dealkylation sites (tertiary alicyclic amines) is 1. The van der Waals surface area contributed by atoms with Gasteiger partial charge in [0.05, 0.1) is 11.9 Å². The molecule has 0 aliphatic carbocycles. The summed E-state index contributed by atoms with van der Waals surface area (Å²) in [6, 6.07) is 5.50. The van der Waals surface area contributed by atoms with Crippen molar-refractivity contribution in [3.63, 3.8) is 0 Å². The Labute approximate surface area is 140 Å². The molecular formula is C17H28N2O3S. The van der Waals surface area contributed by atoms with Crippen molar-refractivity contribution >= 4 is 15.7 Å². The topological polar surface area (TPSA) is 58.6 Å². The molecule has 1 heterocycles. The van der Waals surface area contributed by atoms with Crippen LogP contribution < -0.4 is 9.46 Å². The molecule has 1 aromatic rings. The van der Waals surface area contributed by atoms with E-state index in [4.69, 9.17) is 4.74 Å². The SMILES string of the molecule is CCCCN1CCC(Oc2ccc(NS(C)(=O)=O)c(C)c2)CC1. The summed E-state index contributed by atoms with van der Waals surface area (Å²) in [7, 11) is -3.25. The van der Waals surface area contributed by atoms with Gasteiger partial charge in [-0.3, -0.25) is 4.72 Å². The van der Waals surface area contributed by atoms with Crippen LogP contribution in [0.5, 0.6) is 5.75 Å². The van der Waals surface area contributed by atoms with E-state index in [-0.39, 0.29) is 6.10 Å². The Balaban J connectivity index is 1.88. The summed E-state index contributed by atoms with van der Waals surface area (Å²) in [5.74, 6) is 0.813. The average Bonchev–Trinajstić information content (AvgIpc) is 2.48. The van der Waals surface area contributed by atoms with Crippen LogP contribution in [0.4, 0.5) is 5.69 Å². The Morgan fingerprint density at radius 3 is 2.57 bits per heavy atom. The van der Waals surface area contributed by atoms with Crippen molar-refractivity contribution < 1.29 is 13.2 Å². The number of aryl methyl sites for hydroxylation is 1. The van der Waals surface area contributed by atoms with Crippen molar-refractivity contribution in [3.05, 3.63) is 23.8 Å². The molecule has 0 aromatic heterocycles. The average molecular weight is 340 g/mol. The van der Waals surface area contributed by atoms with E-state index in [1.807, 2.05) is 19.1 Å². The smallest absolute Gasteiger partial charge is 0.229 e. The number of hydrogen-bond acceptors (Lipinski definition) is 4. The van der Waals surface area contributed by atoms with Gasteiger partial charge in [0.2, 0.25) is 10.0 Å². The lowest BCUT2D eigenvalue weighted by Gasteiger charge is -2.32. The zero-order valence-electron chi connectivity index (χ0n) is 14.3. The molecule has 0 unspecified atom stereocenters. The summed E-state index contributed by atoms with van der Waals surface area (Å²) < 4.78 is 31.2. The highest BCUT2D eigenvalue weighted by Crippen LogP contribution is 2.25. The minimum atomic E-state index is -3.25. The maximum atomic E-state index is 11.3. The number of benzene rings is 1. The van der Waals surface area contributed by atoms with Crippen LogP contribution in [0, 0.1) is 6.92 Å². The molecule has 2 rings (SSSR count). The van der Waals surface area contributed by atoms with E-state index in [1.165, 1.54) is 19.4 Å². The molecule has 23 heavy (non-hydrogen) atoms. The lowest BCUT2D eigenvalue weighted by atomic mass is 10.1. The van der Waals surface area contributed by atoms with Crippen molar-refractivity contribution in [2.75, 3.05) is 30.6 Å². The minimum Gasteiger partial charge on any atom is -0.490 e. The van der Waals surface area contributed by atoms with Crippen LogP contribution in [0.25, 0.3) is 0 Å². The fourth-order valence-electron chi connectivity index (χ4n) is 2.85. The third-order valence-corrected chi connectivity index (χ3v) is 4.75. The molecule has 6 heteroatoms. The Hall–Kier alpha value is -1.27. The molecule has 1 N–H and O–H groups in total.